The fourth-order valence-electron chi connectivity index (χ4n) is 3.93. The van der Waals surface area contributed by atoms with Gasteiger partial charge in [-0.05, 0) is 53.2 Å². The third kappa shape index (κ3) is 4.36. The summed E-state index contributed by atoms with van der Waals surface area (Å²) in [5.41, 5.74) is 0.945. The number of rotatable bonds is 5. The van der Waals surface area contributed by atoms with Gasteiger partial charge >= 0.3 is 0 Å². The number of nitrogens with one attached hydrogen (secondary N) is 1. The Labute approximate surface area is 191 Å². The zero-order valence-electron chi connectivity index (χ0n) is 17.1. The van der Waals surface area contributed by atoms with Gasteiger partial charge in [0.1, 0.15) is 34.9 Å². The lowest BCUT2D eigenvalue weighted by Gasteiger charge is -2.24. The summed E-state index contributed by atoms with van der Waals surface area (Å²) in [6.07, 6.45) is 0.106. The number of likely N-dealkylation sites (tertiary alicyclic amines) is 1. The highest BCUT2D eigenvalue weighted by Crippen LogP contribution is 2.27. The largest absolute Gasteiger partial charge is 0.508 e. The number of pyridine rings is 1. The first-order valence-electron chi connectivity index (χ1n) is 9.92. The van der Waals surface area contributed by atoms with E-state index in [1.807, 2.05) is 0 Å². The summed E-state index contributed by atoms with van der Waals surface area (Å²) in [7, 11) is 0. The van der Waals surface area contributed by atoms with Crippen molar-refractivity contribution < 1.29 is 23.9 Å². The van der Waals surface area contributed by atoms with Crippen LogP contribution in [0.15, 0.2) is 47.2 Å². The van der Waals surface area contributed by atoms with Gasteiger partial charge in [-0.1, -0.05) is 6.07 Å². The second-order valence-electron chi connectivity index (χ2n) is 7.66. The Hall–Kier alpha value is -3.27. The molecule has 8 nitrogen and oxygen atoms in total. The van der Waals surface area contributed by atoms with Crippen molar-refractivity contribution in [2.24, 2.45) is 0 Å². The summed E-state index contributed by atoms with van der Waals surface area (Å²) in [6, 6.07) is 8.55. The number of alkyl halides is 1. The van der Waals surface area contributed by atoms with E-state index in [-0.39, 0.29) is 31.0 Å². The third-order valence-corrected chi connectivity index (χ3v) is 5.83. The molecule has 1 saturated heterocycles. The molecule has 0 bridgehead atoms. The van der Waals surface area contributed by atoms with Crippen LogP contribution in [-0.4, -0.2) is 55.9 Å². The minimum Gasteiger partial charge on any atom is -0.508 e. The summed E-state index contributed by atoms with van der Waals surface area (Å²) in [5.74, 6) is -0.887. The molecule has 1 aromatic carbocycles. The Morgan fingerprint density at radius 3 is 2.78 bits per heavy atom. The number of carbonyl (C=O) groups excluding carboxylic acids is 3. The number of phenolic OH excluding ortho intramolecular Hbond substituents is 1. The van der Waals surface area contributed by atoms with Crippen molar-refractivity contribution in [2.45, 2.75) is 32.1 Å². The maximum atomic E-state index is 14.2. The summed E-state index contributed by atoms with van der Waals surface area (Å²) < 4.78 is 16.3. The molecule has 0 unspecified atom stereocenters. The fourth-order valence-corrected chi connectivity index (χ4v) is 4.27. The average Bonchev–Trinajstić information content (AvgIpc) is 3.28. The molecule has 32 heavy (non-hydrogen) atoms. The maximum Gasteiger partial charge on any atom is 0.248 e. The van der Waals surface area contributed by atoms with E-state index in [9.17, 15) is 23.9 Å². The van der Waals surface area contributed by atoms with Gasteiger partial charge < -0.3 is 19.9 Å². The van der Waals surface area contributed by atoms with E-state index in [4.69, 9.17) is 0 Å². The summed E-state index contributed by atoms with van der Waals surface area (Å²) in [5, 5.41) is 12.9. The van der Waals surface area contributed by atoms with Gasteiger partial charge in [-0.25, -0.2) is 9.37 Å². The van der Waals surface area contributed by atoms with Crippen LogP contribution < -0.4 is 5.32 Å². The second-order valence-corrected chi connectivity index (χ2v) is 8.47. The van der Waals surface area contributed by atoms with E-state index < -0.39 is 24.0 Å². The maximum absolute atomic E-state index is 14.2. The highest BCUT2D eigenvalue weighted by atomic mass is 79.9. The predicted molar refractivity (Wildman–Crippen MR) is 119 cm³/mol. The van der Waals surface area contributed by atoms with Crippen molar-refractivity contribution in [3.63, 3.8) is 0 Å². The van der Waals surface area contributed by atoms with Crippen LogP contribution in [0.2, 0.25) is 0 Å². The highest BCUT2D eigenvalue weighted by Gasteiger charge is 2.40. The number of aromatic hydroxyl groups is 1. The number of aromatic nitrogens is 2. The Morgan fingerprint density at radius 1 is 1.28 bits per heavy atom. The van der Waals surface area contributed by atoms with Crippen LogP contribution >= 0.6 is 15.9 Å². The van der Waals surface area contributed by atoms with Gasteiger partial charge in [0.25, 0.3) is 0 Å². The minimum absolute atomic E-state index is 0.00165. The molecule has 3 aromatic rings. The van der Waals surface area contributed by atoms with Crippen molar-refractivity contribution in [1.82, 2.24) is 14.5 Å². The molecule has 2 N–H and O–H groups in total. The second kappa shape index (κ2) is 8.70. The average molecular weight is 503 g/mol. The van der Waals surface area contributed by atoms with Gasteiger partial charge in [-0.3, -0.25) is 14.4 Å². The molecule has 2 amide bonds. The molecular formula is C22H20BrFN4O4. The molecule has 10 heteroatoms. The molecule has 0 spiro atoms. The van der Waals surface area contributed by atoms with Gasteiger partial charge in [-0.2, -0.15) is 0 Å². The molecule has 0 radical (unpaired) electrons. The molecule has 4 rings (SSSR count). The Bertz CT molecular complexity index is 1230. The van der Waals surface area contributed by atoms with Crippen LogP contribution in [0.1, 0.15) is 23.7 Å². The molecule has 2 aromatic heterocycles. The van der Waals surface area contributed by atoms with Gasteiger partial charge in [0, 0.05) is 29.1 Å². The molecule has 1 aliphatic heterocycles. The number of amides is 2. The van der Waals surface area contributed by atoms with E-state index in [0.717, 1.165) is 0 Å². The van der Waals surface area contributed by atoms with E-state index in [2.05, 4.69) is 26.2 Å². The van der Waals surface area contributed by atoms with E-state index in [1.165, 1.54) is 30.2 Å². The zero-order valence-corrected chi connectivity index (χ0v) is 18.7. The first-order valence-corrected chi connectivity index (χ1v) is 10.7. The number of nitrogens with zero attached hydrogens (tertiary/aromatic N) is 3. The monoisotopic (exact) mass is 502 g/mol. The molecule has 3 heterocycles. The van der Waals surface area contributed by atoms with Crippen LogP contribution in [0.3, 0.4) is 0 Å². The number of fused-ring (bicyclic) bond motifs is 1. The normalized spacial score (nSPS) is 18.2. The molecule has 1 fully saturated rings. The quantitative estimate of drug-likeness (QED) is 0.411. The number of benzene rings is 1. The van der Waals surface area contributed by atoms with Crippen LogP contribution in [0.4, 0.5) is 10.2 Å². The van der Waals surface area contributed by atoms with Gasteiger partial charge in [0.2, 0.25) is 11.8 Å². The SMILES string of the molecule is CC(=O)c1cn(CC(=O)N2C[C@H](F)C[C@H]2C(=O)Nc2cccc(Br)n2)c2ccc(O)cc12. The molecule has 0 aliphatic carbocycles. The summed E-state index contributed by atoms with van der Waals surface area (Å²) >= 11 is 3.22. The molecule has 1 aliphatic rings. The van der Waals surface area contributed by atoms with Crippen LogP contribution in [-0.2, 0) is 16.1 Å². The van der Waals surface area contributed by atoms with Gasteiger partial charge in [0.05, 0.1) is 6.54 Å². The van der Waals surface area contributed by atoms with Crippen LogP contribution in [0.5, 0.6) is 5.75 Å². The number of ketones is 1. The fraction of sp³-hybridized carbons (Fsp3) is 0.273. The van der Waals surface area contributed by atoms with E-state index >= 15 is 0 Å². The van der Waals surface area contributed by atoms with Gasteiger partial charge in [0.15, 0.2) is 5.78 Å². The number of carbonyl (C=O) groups is 3. The summed E-state index contributed by atoms with van der Waals surface area (Å²) in [4.78, 5) is 43.2. The van der Waals surface area contributed by atoms with Crippen LogP contribution in [0, 0.1) is 0 Å². The van der Waals surface area contributed by atoms with Gasteiger partial charge in [-0.15, -0.1) is 0 Å². The lowest BCUT2D eigenvalue weighted by molar-refractivity contribution is -0.137. The van der Waals surface area contributed by atoms with Crippen molar-refractivity contribution in [3.8, 4) is 5.75 Å². The first-order chi connectivity index (χ1) is 15.2. The zero-order chi connectivity index (χ0) is 23.0. The molecule has 166 valence electrons. The molecular weight excluding hydrogens is 483 g/mol. The lowest BCUT2D eigenvalue weighted by Crippen LogP contribution is -2.44. The third-order valence-electron chi connectivity index (χ3n) is 5.39. The number of hydrogen-bond donors (Lipinski definition) is 2. The Morgan fingerprint density at radius 2 is 2.06 bits per heavy atom. The Kier molecular flexibility index (Phi) is 5.96. The topological polar surface area (TPSA) is 105 Å². The van der Waals surface area contributed by atoms with Crippen molar-refractivity contribution >= 4 is 50.2 Å². The number of Topliss-reactive ketones (excluding diaryl/α,β-unsaturated/α-hetero) is 1. The lowest BCUT2D eigenvalue weighted by atomic mass is 10.1. The van der Waals surface area contributed by atoms with Crippen LogP contribution in [0.25, 0.3) is 10.9 Å². The first kappa shape index (κ1) is 21.9. The molecule has 0 saturated carbocycles. The van der Waals surface area contributed by atoms with Crippen molar-refractivity contribution in [2.75, 3.05) is 11.9 Å². The van der Waals surface area contributed by atoms with E-state index in [1.54, 1.807) is 28.8 Å². The van der Waals surface area contributed by atoms with Crippen molar-refractivity contribution in [1.29, 1.82) is 0 Å². The highest BCUT2D eigenvalue weighted by molar-refractivity contribution is 9.10. The van der Waals surface area contributed by atoms with Crippen molar-refractivity contribution in [3.05, 3.63) is 52.8 Å². The standard InChI is InChI=1S/C22H20BrFN4O4/c1-12(29)16-10-27(17-6-5-14(30)8-15(16)17)11-21(31)28-9-13(24)7-18(28)22(32)26-20-4-2-3-19(23)25-20/h2-6,8,10,13,18,30H,7,9,11H2,1H3,(H,25,26,32)/t13-,18+/m1/s1. The number of phenols is 1. The number of hydrogen-bond acceptors (Lipinski definition) is 5. The number of halogens is 2. The summed E-state index contributed by atoms with van der Waals surface area (Å²) in [6.45, 7) is 1.03. The minimum atomic E-state index is -1.32. The molecule has 2 atom stereocenters. The van der Waals surface area contributed by atoms with E-state index in [0.29, 0.717) is 26.9 Å². The Balaban J connectivity index is 1.57. The smallest absolute Gasteiger partial charge is 0.248 e. The number of anilines is 1. The predicted octanol–water partition coefficient (Wildman–Crippen LogP) is 3.28.